The van der Waals surface area contributed by atoms with Crippen LogP contribution in [0.1, 0.15) is 0 Å². The quantitative estimate of drug-likeness (QED) is 0.749. The fraction of sp³-hybridized carbons (Fsp3) is 0.500. The summed E-state index contributed by atoms with van der Waals surface area (Å²) in [4.78, 5) is 11.7. The van der Waals surface area contributed by atoms with Crippen molar-refractivity contribution < 1.29 is 27.4 Å². The number of cyclic esters (lactones) is 1. The van der Waals surface area contributed by atoms with E-state index in [1.807, 2.05) is 0 Å². The average Bonchev–Trinajstić information content (AvgIpc) is 3.09. The molecule has 3 rings (SSSR count). The van der Waals surface area contributed by atoms with Crippen molar-refractivity contribution in [2.75, 3.05) is 33.9 Å². The number of carbonyl (C=O) groups excluding carboxylic acids is 1. The number of esters is 1. The number of sulfonamides is 1. The summed E-state index contributed by atoms with van der Waals surface area (Å²) in [5, 5.41) is 0. The summed E-state index contributed by atoms with van der Waals surface area (Å²) in [6.45, 7) is 0.759. The predicted octanol–water partition coefficient (Wildman–Crippen LogP) is 0.497. The molecule has 0 saturated carbocycles. The Morgan fingerprint density at radius 2 is 1.91 bits per heavy atom. The van der Waals surface area contributed by atoms with Gasteiger partial charge in [0.2, 0.25) is 10.0 Å². The zero-order valence-electron chi connectivity index (χ0n) is 12.3. The van der Waals surface area contributed by atoms with Crippen LogP contribution in [-0.4, -0.2) is 52.6 Å². The van der Waals surface area contributed by atoms with Crippen molar-refractivity contribution in [3.63, 3.8) is 0 Å². The number of carbonyl (C=O) groups is 1. The maximum atomic E-state index is 12.7. The first-order valence-corrected chi connectivity index (χ1v) is 8.30. The molecule has 7 nitrogen and oxygen atoms in total. The first-order chi connectivity index (χ1) is 10.5. The van der Waals surface area contributed by atoms with Gasteiger partial charge in [-0.1, -0.05) is 0 Å². The van der Waals surface area contributed by atoms with Crippen LogP contribution in [-0.2, 0) is 19.6 Å². The molecule has 8 heteroatoms. The van der Waals surface area contributed by atoms with Gasteiger partial charge in [-0.2, -0.15) is 4.31 Å². The largest absolute Gasteiger partial charge is 0.493 e. The Bertz CT molecular complexity index is 701. The van der Waals surface area contributed by atoms with E-state index in [0.717, 1.165) is 0 Å². The molecule has 2 aliphatic heterocycles. The van der Waals surface area contributed by atoms with E-state index in [2.05, 4.69) is 0 Å². The average molecular weight is 327 g/mol. The van der Waals surface area contributed by atoms with Crippen LogP contribution in [0.25, 0.3) is 0 Å². The number of benzene rings is 1. The molecule has 1 aromatic rings. The summed E-state index contributed by atoms with van der Waals surface area (Å²) < 4.78 is 42.0. The van der Waals surface area contributed by atoms with Crippen molar-refractivity contribution in [2.45, 2.75) is 4.90 Å². The normalized spacial score (nSPS) is 24.9. The number of hydrogen-bond donors (Lipinski definition) is 0. The molecule has 22 heavy (non-hydrogen) atoms. The van der Waals surface area contributed by atoms with Gasteiger partial charge >= 0.3 is 5.97 Å². The van der Waals surface area contributed by atoms with Gasteiger partial charge in [0, 0.05) is 25.1 Å². The first-order valence-electron chi connectivity index (χ1n) is 6.86. The van der Waals surface area contributed by atoms with Crippen molar-refractivity contribution >= 4 is 16.0 Å². The van der Waals surface area contributed by atoms with Crippen LogP contribution < -0.4 is 9.47 Å². The maximum absolute atomic E-state index is 12.7. The van der Waals surface area contributed by atoms with Crippen molar-refractivity contribution in [2.24, 2.45) is 11.8 Å². The fourth-order valence-electron chi connectivity index (χ4n) is 2.89. The third-order valence-corrected chi connectivity index (χ3v) is 5.97. The molecule has 0 aliphatic carbocycles. The Kier molecular flexibility index (Phi) is 3.73. The number of nitrogens with zero attached hydrogens (tertiary/aromatic N) is 1. The molecule has 0 unspecified atom stereocenters. The van der Waals surface area contributed by atoms with E-state index < -0.39 is 10.0 Å². The minimum Gasteiger partial charge on any atom is -0.493 e. The number of rotatable bonds is 4. The molecule has 0 N–H and O–H groups in total. The van der Waals surface area contributed by atoms with Gasteiger partial charge in [-0.25, -0.2) is 8.42 Å². The smallest absolute Gasteiger partial charge is 0.310 e. The molecule has 0 radical (unpaired) electrons. The zero-order valence-corrected chi connectivity index (χ0v) is 13.1. The second kappa shape index (κ2) is 5.44. The second-order valence-electron chi connectivity index (χ2n) is 5.34. The van der Waals surface area contributed by atoms with E-state index in [4.69, 9.17) is 14.2 Å². The summed E-state index contributed by atoms with van der Waals surface area (Å²) in [6, 6.07) is 4.46. The summed E-state index contributed by atoms with van der Waals surface area (Å²) in [7, 11) is -0.737. The molecule has 120 valence electrons. The molecular formula is C14H17NO6S. The summed E-state index contributed by atoms with van der Waals surface area (Å²) >= 11 is 0. The van der Waals surface area contributed by atoms with Crippen molar-refractivity contribution in [1.82, 2.24) is 4.31 Å². The lowest BCUT2D eigenvalue weighted by Gasteiger charge is -2.18. The molecule has 0 spiro atoms. The van der Waals surface area contributed by atoms with Gasteiger partial charge in [0.15, 0.2) is 11.5 Å². The molecule has 2 aliphatic rings. The number of fused-ring (bicyclic) bond motifs is 1. The molecular weight excluding hydrogens is 310 g/mol. The van der Waals surface area contributed by atoms with Crippen LogP contribution in [0.4, 0.5) is 0 Å². The van der Waals surface area contributed by atoms with E-state index >= 15 is 0 Å². The first kappa shape index (κ1) is 15.1. The Labute approximate surface area is 128 Å². The van der Waals surface area contributed by atoms with E-state index in [0.29, 0.717) is 24.7 Å². The Balaban J connectivity index is 1.89. The van der Waals surface area contributed by atoms with Gasteiger partial charge < -0.3 is 14.2 Å². The second-order valence-corrected chi connectivity index (χ2v) is 7.27. The standard InChI is InChI=1S/C14H17NO6S/c1-19-12-4-3-10(5-13(12)20-2)22(17,18)15-6-9-8-21-14(16)11(9)7-15/h3-5,9,11H,6-8H2,1-2H3/t9-,11-/m1/s1. The topological polar surface area (TPSA) is 82.1 Å². The van der Waals surface area contributed by atoms with Crippen LogP contribution in [0, 0.1) is 11.8 Å². The highest BCUT2D eigenvalue weighted by Crippen LogP contribution is 2.36. The van der Waals surface area contributed by atoms with Gasteiger partial charge in [-0.05, 0) is 12.1 Å². The number of methoxy groups -OCH3 is 2. The molecule has 0 aromatic heterocycles. The van der Waals surface area contributed by atoms with E-state index in [9.17, 15) is 13.2 Å². The van der Waals surface area contributed by atoms with Gasteiger partial charge in [-0.15, -0.1) is 0 Å². The van der Waals surface area contributed by atoms with Crippen LogP contribution in [0.3, 0.4) is 0 Å². The number of hydrogen-bond acceptors (Lipinski definition) is 6. The van der Waals surface area contributed by atoms with Crippen molar-refractivity contribution in [1.29, 1.82) is 0 Å². The predicted molar refractivity (Wildman–Crippen MR) is 76.2 cm³/mol. The molecule has 2 heterocycles. The molecule has 2 saturated heterocycles. The van der Waals surface area contributed by atoms with E-state index in [1.165, 1.54) is 30.7 Å². The molecule has 1 aromatic carbocycles. The van der Waals surface area contributed by atoms with E-state index in [1.54, 1.807) is 6.07 Å². The molecule has 0 bridgehead atoms. The summed E-state index contributed by atoms with van der Waals surface area (Å²) in [5.41, 5.74) is 0. The van der Waals surface area contributed by atoms with Gasteiger partial charge in [0.25, 0.3) is 0 Å². The van der Waals surface area contributed by atoms with Gasteiger partial charge in [0.05, 0.1) is 31.6 Å². The lowest BCUT2D eigenvalue weighted by molar-refractivity contribution is -0.141. The third kappa shape index (κ3) is 2.32. The monoisotopic (exact) mass is 327 g/mol. The lowest BCUT2D eigenvalue weighted by atomic mass is 10.0. The minimum absolute atomic E-state index is 0.0533. The van der Waals surface area contributed by atoms with Crippen molar-refractivity contribution in [3.05, 3.63) is 18.2 Å². The zero-order chi connectivity index (χ0) is 15.9. The van der Waals surface area contributed by atoms with Gasteiger partial charge in [-0.3, -0.25) is 4.79 Å². The highest BCUT2D eigenvalue weighted by Gasteiger charge is 2.47. The van der Waals surface area contributed by atoms with Crippen LogP contribution in [0.5, 0.6) is 11.5 Å². The highest BCUT2D eigenvalue weighted by molar-refractivity contribution is 7.89. The van der Waals surface area contributed by atoms with Crippen LogP contribution in [0.2, 0.25) is 0 Å². The maximum Gasteiger partial charge on any atom is 0.310 e. The molecule has 2 fully saturated rings. The summed E-state index contributed by atoms with van der Waals surface area (Å²) in [5.74, 6) is 0.0954. The lowest BCUT2D eigenvalue weighted by Crippen LogP contribution is -2.31. The van der Waals surface area contributed by atoms with Crippen molar-refractivity contribution in [3.8, 4) is 11.5 Å². The Morgan fingerprint density at radius 3 is 2.55 bits per heavy atom. The molecule has 0 amide bonds. The van der Waals surface area contributed by atoms with Crippen LogP contribution >= 0.6 is 0 Å². The highest BCUT2D eigenvalue weighted by atomic mass is 32.2. The fourth-order valence-corrected chi connectivity index (χ4v) is 4.42. The third-order valence-electron chi connectivity index (χ3n) is 4.14. The molecule has 2 atom stereocenters. The van der Waals surface area contributed by atoms with Gasteiger partial charge in [0.1, 0.15) is 0 Å². The number of ether oxygens (including phenoxy) is 3. The SMILES string of the molecule is COc1ccc(S(=O)(=O)N2C[C@@H]3COC(=O)[C@@H]3C2)cc1OC. The Hall–Kier alpha value is -1.80. The van der Waals surface area contributed by atoms with E-state index in [-0.39, 0.29) is 29.2 Å². The minimum atomic E-state index is -3.67. The van der Waals surface area contributed by atoms with Crippen LogP contribution in [0.15, 0.2) is 23.1 Å². The Morgan fingerprint density at radius 1 is 1.18 bits per heavy atom. The summed E-state index contributed by atoms with van der Waals surface area (Å²) in [6.07, 6.45) is 0.